The number of unbranched alkanes of at least 4 members (excludes halogenated alkanes) is 1. The Morgan fingerprint density at radius 1 is 1.21 bits per heavy atom. The predicted octanol–water partition coefficient (Wildman–Crippen LogP) is 5.39. The molecule has 5 heteroatoms. The molecule has 0 unspecified atom stereocenters. The largest absolute Gasteiger partial charge is 0.352 e. The molecular formula is C23H32N4S. The summed E-state index contributed by atoms with van der Waals surface area (Å²) in [5.74, 6) is 0. The first-order chi connectivity index (χ1) is 13.6. The van der Waals surface area contributed by atoms with Gasteiger partial charge in [-0.25, -0.2) is 0 Å². The summed E-state index contributed by atoms with van der Waals surface area (Å²) in [5, 5.41) is 4.45. The smallest absolute Gasteiger partial charge is 0.170 e. The number of hydrogen-bond donors (Lipinski definition) is 1. The molecule has 2 atom stereocenters. The molecule has 0 bridgehead atoms. The summed E-state index contributed by atoms with van der Waals surface area (Å²) in [7, 11) is 0. The molecule has 4 nitrogen and oxygen atoms in total. The molecule has 4 rings (SSSR count). The van der Waals surface area contributed by atoms with Crippen molar-refractivity contribution in [3.8, 4) is 0 Å². The Bertz CT molecular complexity index is 823. The van der Waals surface area contributed by atoms with E-state index >= 15 is 0 Å². The first-order valence-electron chi connectivity index (χ1n) is 10.8. The van der Waals surface area contributed by atoms with Crippen molar-refractivity contribution in [2.45, 2.75) is 77.4 Å². The van der Waals surface area contributed by atoms with Crippen LogP contribution in [-0.4, -0.2) is 26.1 Å². The van der Waals surface area contributed by atoms with Crippen molar-refractivity contribution in [1.29, 1.82) is 0 Å². The Morgan fingerprint density at radius 2 is 2.00 bits per heavy atom. The quantitative estimate of drug-likeness (QED) is 0.664. The molecule has 1 aliphatic carbocycles. The van der Waals surface area contributed by atoms with Gasteiger partial charge < -0.3 is 14.8 Å². The van der Waals surface area contributed by atoms with E-state index in [1.54, 1.807) is 0 Å². The van der Waals surface area contributed by atoms with Crippen molar-refractivity contribution < 1.29 is 0 Å². The monoisotopic (exact) mass is 396 g/mol. The fraction of sp³-hybridized carbons (Fsp3) is 0.565. The normalized spacial score (nSPS) is 22.8. The summed E-state index contributed by atoms with van der Waals surface area (Å²) in [6, 6.07) is 9.54. The summed E-state index contributed by atoms with van der Waals surface area (Å²) in [4.78, 5) is 7.07. The second-order valence-electron chi connectivity index (χ2n) is 8.31. The van der Waals surface area contributed by atoms with Crippen molar-refractivity contribution in [3.63, 3.8) is 0 Å². The third-order valence-corrected chi connectivity index (χ3v) is 6.83. The van der Waals surface area contributed by atoms with E-state index < -0.39 is 0 Å². The van der Waals surface area contributed by atoms with Gasteiger partial charge in [0.1, 0.15) is 0 Å². The number of hydrogen-bond acceptors (Lipinski definition) is 2. The van der Waals surface area contributed by atoms with Gasteiger partial charge >= 0.3 is 0 Å². The van der Waals surface area contributed by atoms with Crippen molar-refractivity contribution in [2.75, 3.05) is 6.54 Å². The van der Waals surface area contributed by atoms with Gasteiger partial charge in [0.15, 0.2) is 5.11 Å². The number of thiocarbonyl (C=S) groups is 1. The molecule has 2 fully saturated rings. The minimum atomic E-state index is 0.100. The third kappa shape index (κ3) is 3.45. The van der Waals surface area contributed by atoms with Crippen molar-refractivity contribution >= 4 is 17.3 Å². The molecular weight excluding hydrogens is 364 g/mol. The van der Waals surface area contributed by atoms with Gasteiger partial charge in [0.2, 0.25) is 0 Å². The van der Waals surface area contributed by atoms with Crippen molar-refractivity contribution in [1.82, 2.24) is 19.8 Å². The summed E-state index contributed by atoms with van der Waals surface area (Å²) < 4.78 is 2.59. The maximum absolute atomic E-state index is 5.78. The predicted molar refractivity (Wildman–Crippen MR) is 118 cm³/mol. The van der Waals surface area contributed by atoms with Gasteiger partial charge in [-0.1, -0.05) is 32.3 Å². The van der Waals surface area contributed by atoms with Crippen LogP contribution in [0.5, 0.6) is 0 Å². The van der Waals surface area contributed by atoms with E-state index in [4.69, 9.17) is 12.2 Å². The van der Waals surface area contributed by atoms with Crippen molar-refractivity contribution in [3.05, 3.63) is 53.1 Å². The van der Waals surface area contributed by atoms with Crippen LogP contribution in [0.25, 0.3) is 0 Å². The van der Waals surface area contributed by atoms with E-state index in [-0.39, 0.29) is 12.1 Å². The Balaban J connectivity index is 1.76. The molecule has 0 amide bonds. The van der Waals surface area contributed by atoms with Gasteiger partial charge in [0.05, 0.1) is 17.8 Å². The number of nitrogens with one attached hydrogen (secondary N) is 1. The summed E-state index contributed by atoms with van der Waals surface area (Å²) in [6.07, 6.45) is 9.51. The molecule has 1 aliphatic heterocycles. The topological polar surface area (TPSA) is 33.1 Å². The fourth-order valence-corrected chi connectivity index (χ4v) is 5.47. The highest BCUT2D eigenvalue weighted by atomic mass is 32.1. The van der Waals surface area contributed by atoms with Crippen LogP contribution in [0.4, 0.5) is 0 Å². The zero-order valence-electron chi connectivity index (χ0n) is 17.3. The van der Waals surface area contributed by atoms with Gasteiger partial charge in [-0.05, 0) is 69.1 Å². The van der Waals surface area contributed by atoms with E-state index in [0.29, 0.717) is 6.04 Å². The number of aryl methyl sites for hydroxylation is 1. The molecule has 2 aliphatic rings. The maximum atomic E-state index is 5.78. The molecule has 28 heavy (non-hydrogen) atoms. The van der Waals surface area contributed by atoms with Gasteiger partial charge in [-0.3, -0.25) is 4.98 Å². The minimum Gasteiger partial charge on any atom is -0.352 e. The standard InChI is InChI=1S/C23H32N4S/c1-4-5-14-26-22(21(25-23(26)28)20-12-8-9-13-24-20)19-15-16(2)27(17(19)3)18-10-6-7-11-18/h8-9,12-13,15,18,21-22H,4-7,10-11,14H2,1-3H3,(H,25,28)/t21-,22-/m0/s1. The lowest BCUT2D eigenvalue weighted by Gasteiger charge is -2.28. The number of aromatic nitrogens is 2. The molecule has 0 spiro atoms. The first-order valence-corrected chi connectivity index (χ1v) is 11.2. The van der Waals surface area contributed by atoms with Gasteiger partial charge in [-0.2, -0.15) is 0 Å². The minimum absolute atomic E-state index is 0.100. The van der Waals surface area contributed by atoms with Crippen LogP contribution in [0.2, 0.25) is 0 Å². The molecule has 0 radical (unpaired) electrons. The van der Waals surface area contributed by atoms with Crippen LogP contribution in [0.3, 0.4) is 0 Å². The van der Waals surface area contributed by atoms with E-state index in [1.807, 2.05) is 12.3 Å². The average Bonchev–Trinajstić information content (AvgIpc) is 3.39. The number of pyridine rings is 1. The molecule has 1 N–H and O–H groups in total. The highest BCUT2D eigenvalue weighted by Crippen LogP contribution is 2.42. The maximum Gasteiger partial charge on any atom is 0.170 e. The highest BCUT2D eigenvalue weighted by Gasteiger charge is 2.41. The van der Waals surface area contributed by atoms with Crippen LogP contribution >= 0.6 is 12.2 Å². The van der Waals surface area contributed by atoms with Gasteiger partial charge in [-0.15, -0.1) is 0 Å². The second kappa shape index (κ2) is 8.24. The van der Waals surface area contributed by atoms with Crippen LogP contribution in [-0.2, 0) is 0 Å². The number of nitrogens with zero attached hydrogens (tertiary/aromatic N) is 3. The van der Waals surface area contributed by atoms with Crippen LogP contribution in [0, 0.1) is 13.8 Å². The molecule has 2 aromatic heterocycles. The van der Waals surface area contributed by atoms with Crippen molar-refractivity contribution in [2.24, 2.45) is 0 Å². The first kappa shape index (κ1) is 19.4. The fourth-order valence-electron chi connectivity index (χ4n) is 5.14. The second-order valence-corrected chi connectivity index (χ2v) is 8.70. The highest BCUT2D eigenvalue weighted by molar-refractivity contribution is 7.80. The van der Waals surface area contributed by atoms with E-state index in [0.717, 1.165) is 23.8 Å². The summed E-state index contributed by atoms with van der Waals surface area (Å²) in [6.45, 7) is 7.80. The van der Waals surface area contributed by atoms with E-state index in [2.05, 4.69) is 58.7 Å². The molecule has 3 heterocycles. The Hall–Kier alpha value is -1.88. The lowest BCUT2D eigenvalue weighted by molar-refractivity contribution is 0.311. The van der Waals surface area contributed by atoms with Gasteiger partial charge in [0, 0.05) is 30.2 Å². The number of rotatable bonds is 6. The zero-order chi connectivity index (χ0) is 19.7. The molecule has 2 aromatic rings. The van der Waals surface area contributed by atoms with Crippen LogP contribution in [0.1, 0.15) is 86.2 Å². The Morgan fingerprint density at radius 3 is 2.68 bits per heavy atom. The molecule has 150 valence electrons. The van der Waals surface area contributed by atoms with Crippen LogP contribution < -0.4 is 5.32 Å². The molecule has 1 saturated carbocycles. The average molecular weight is 397 g/mol. The van der Waals surface area contributed by atoms with E-state index in [9.17, 15) is 0 Å². The summed E-state index contributed by atoms with van der Waals surface area (Å²) >= 11 is 5.78. The lowest BCUT2D eigenvalue weighted by Crippen LogP contribution is -2.30. The Labute approximate surface area is 174 Å². The lowest BCUT2D eigenvalue weighted by atomic mass is 9.96. The zero-order valence-corrected chi connectivity index (χ0v) is 18.1. The molecule has 1 saturated heterocycles. The SMILES string of the molecule is CCCCN1C(=S)N[C@@H](c2ccccn2)[C@@H]1c1cc(C)n(C2CCCC2)c1C. The summed E-state index contributed by atoms with van der Waals surface area (Å²) in [5.41, 5.74) is 5.26. The van der Waals surface area contributed by atoms with Crippen LogP contribution in [0.15, 0.2) is 30.5 Å². The van der Waals surface area contributed by atoms with Gasteiger partial charge in [0.25, 0.3) is 0 Å². The molecule has 0 aromatic carbocycles. The Kier molecular flexibility index (Phi) is 5.72. The third-order valence-electron chi connectivity index (χ3n) is 6.48. The van der Waals surface area contributed by atoms with E-state index in [1.165, 1.54) is 49.1 Å².